The lowest BCUT2D eigenvalue weighted by Crippen LogP contribution is -2.25. The largest absolute Gasteiger partial charge is 0.466 e. The quantitative estimate of drug-likeness (QED) is 0.616. The molecular formula is C16H13N7O3. The third-order valence-corrected chi connectivity index (χ3v) is 3.41. The van der Waals surface area contributed by atoms with Crippen molar-refractivity contribution in [1.82, 2.24) is 29.9 Å². The number of hydrogen-bond donors (Lipinski definition) is 0. The Labute approximate surface area is 148 Å². The molecule has 0 aromatic carbocycles. The van der Waals surface area contributed by atoms with Crippen LogP contribution in [0.1, 0.15) is 12.5 Å². The standard InChI is InChI=1S/C16H13N7O3/c1-10(16(24)25-2)26-15-12(7-17)14(11-3-4-20-21-8-11)23(22-15)13-9-18-5-6-19-13/h3-6,8-10H,1-2H3/t10-/m1/s1. The van der Waals surface area contributed by atoms with Gasteiger partial charge in [0, 0.05) is 18.0 Å². The summed E-state index contributed by atoms with van der Waals surface area (Å²) in [7, 11) is 1.25. The van der Waals surface area contributed by atoms with Crippen LogP contribution in [0.2, 0.25) is 0 Å². The van der Waals surface area contributed by atoms with E-state index in [1.54, 1.807) is 6.07 Å². The van der Waals surface area contributed by atoms with Gasteiger partial charge in [0.1, 0.15) is 11.6 Å². The van der Waals surface area contributed by atoms with Crippen molar-refractivity contribution >= 4 is 5.97 Å². The van der Waals surface area contributed by atoms with Crippen molar-refractivity contribution in [2.24, 2.45) is 0 Å². The highest BCUT2D eigenvalue weighted by atomic mass is 16.6. The minimum atomic E-state index is -0.944. The number of nitriles is 1. The molecule has 0 bridgehead atoms. The molecular weight excluding hydrogens is 338 g/mol. The number of aromatic nitrogens is 6. The van der Waals surface area contributed by atoms with E-state index in [4.69, 9.17) is 4.74 Å². The van der Waals surface area contributed by atoms with Gasteiger partial charge in [0.25, 0.3) is 5.88 Å². The Morgan fingerprint density at radius 2 is 2.12 bits per heavy atom. The first-order chi connectivity index (χ1) is 12.7. The van der Waals surface area contributed by atoms with Gasteiger partial charge in [-0.25, -0.2) is 14.5 Å². The second-order valence-electron chi connectivity index (χ2n) is 5.03. The molecule has 10 heteroatoms. The van der Waals surface area contributed by atoms with Crippen LogP contribution in [0, 0.1) is 11.3 Å². The Kier molecular flexibility index (Phi) is 4.80. The Hall–Kier alpha value is -3.87. The van der Waals surface area contributed by atoms with Crippen molar-refractivity contribution in [2.45, 2.75) is 13.0 Å². The number of carbonyl (C=O) groups excluding carboxylic acids is 1. The molecule has 1 atom stereocenters. The summed E-state index contributed by atoms with van der Waals surface area (Å²) >= 11 is 0. The van der Waals surface area contributed by atoms with Crippen LogP contribution in [0.5, 0.6) is 5.88 Å². The molecule has 0 spiro atoms. The zero-order valence-electron chi connectivity index (χ0n) is 13.9. The number of hydrogen-bond acceptors (Lipinski definition) is 9. The van der Waals surface area contributed by atoms with Gasteiger partial charge < -0.3 is 9.47 Å². The summed E-state index contributed by atoms with van der Waals surface area (Å²) in [6.07, 6.45) is 6.53. The van der Waals surface area contributed by atoms with Gasteiger partial charge in [-0.3, -0.25) is 4.98 Å². The fourth-order valence-electron chi connectivity index (χ4n) is 2.23. The first-order valence-corrected chi connectivity index (χ1v) is 7.46. The maximum Gasteiger partial charge on any atom is 0.346 e. The summed E-state index contributed by atoms with van der Waals surface area (Å²) < 4.78 is 11.6. The smallest absolute Gasteiger partial charge is 0.346 e. The van der Waals surface area contributed by atoms with Crippen molar-refractivity contribution in [3.63, 3.8) is 0 Å². The molecule has 0 saturated heterocycles. The second-order valence-corrected chi connectivity index (χ2v) is 5.03. The van der Waals surface area contributed by atoms with Crippen LogP contribution in [0.3, 0.4) is 0 Å². The fraction of sp³-hybridized carbons (Fsp3) is 0.188. The fourth-order valence-corrected chi connectivity index (χ4v) is 2.23. The normalized spacial score (nSPS) is 11.4. The molecule has 0 fully saturated rings. The molecule has 0 unspecified atom stereocenters. The van der Waals surface area contributed by atoms with E-state index in [1.165, 1.54) is 49.7 Å². The van der Waals surface area contributed by atoms with E-state index in [2.05, 4.69) is 36.1 Å². The lowest BCUT2D eigenvalue weighted by molar-refractivity contribution is -0.148. The van der Waals surface area contributed by atoms with E-state index >= 15 is 0 Å². The van der Waals surface area contributed by atoms with Crippen LogP contribution in [0.4, 0.5) is 0 Å². The van der Waals surface area contributed by atoms with Crippen LogP contribution < -0.4 is 4.74 Å². The van der Waals surface area contributed by atoms with Gasteiger partial charge in [-0.2, -0.15) is 15.5 Å². The van der Waals surface area contributed by atoms with Crippen LogP contribution in [0.15, 0.2) is 37.1 Å². The first-order valence-electron chi connectivity index (χ1n) is 7.46. The zero-order chi connectivity index (χ0) is 18.5. The molecule has 3 heterocycles. The van der Waals surface area contributed by atoms with Gasteiger partial charge in [-0.05, 0) is 13.0 Å². The summed E-state index contributed by atoms with van der Waals surface area (Å²) in [6.45, 7) is 1.50. The van der Waals surface area contributed by atoms with Crippen molar-refractivity contribution in [3.8, 4) is 29.0 Å². The molecule has 0 aliphatic heterocycles. The molecule has 0 aliphatic rings. The lowest BCUT2D eigenvalue weighted by Gasteiger charge is -2.09. The Morgan fingerprint density at radius 3 is 2.73 bits per heavy atom. The highest BCUT2D eigenvalue weighted by molar-refractivity contribution is 5.75. The van der Waals surface area contributed by atoms with E-state index < -0.39 is 12.1 Å². The number of carbonyl (C=O) groups is 1. The number of nitrogens with zero attached hydrogens (tertiary/aromatic N) is 7. The van der Waals surface area contributed by atoms with Crippen LogP contribution in [-0.4, -0.2) is 49.1 Å². The molecule has 3 rings (SSSR count). The van der Waals surface area contributed by atoms with E-state index in [0.29, 0.717) is 17.1 Å². The van der Waals surface area contributed by atoms with Gasteiger partial charge in [0.15, 0.2) is 11.9 Å². The van der Waals surface area contributed by atoms with Crippen LogP contribution >= 0.6 is 0 Å². The number of esters is 1. The van der Waals surface area contributed by atoms with Crippen LogP contribution in [-0.2, 0) is 9.53 Å². The second kappa shape index (κ2) is 7.35. The molecule has 0 N–H and O–H groups in total. The van der Waals surface area contributed by atoms with Crippen molar-refractivity contribution < 1.29 is 14.3 Å². The lowest BCUT2D eigenvalue weighted by atomic mass is 10.1. The highest BCUT2D eigenvalue weighted by Crippen LogP contribution is 2.31. The van der Waals surface area contributed by atoms with Gasteiger partial charge in [0.05, 0.1) is 31.4 Å². The summed E-state index contributed by atoms with van der Waals surface area (Å²) in [6, 6.07) is 3.73. The summed E-state index contributed by atoms with van der Waals surface area (Å²) in [5, 5.41) is 21.5. The SMILES string of the molecule is COC(=O)[C@@H](C)Oc1nn(-c2cnccn2)c(-c2ccnnc2)c1C#N. The third-order valence-electron chi connectivity index (χ3n) is 3.41. The zero-order valence-corrected chi connectivity index (χ0v) is 13.9. The number of methoxy groups -OCH3 is 1. The molecule has 0 radical (unpaired) electrons. The van der Waals surface area contributed by atoms with Gasteiger partial charge >= 0.3 is 5.97 Å². The predicted octanol–water partition coefficient (Wildman–Crippen LogP) is 0.931. The number of rotatable bonds is 5. The monoisotopic (exact) mass is 351 g/mol. The Balaban J connectivity index is 2.17. The minimum absolute atomic E-state index is 0.0251. The van der Waals surface area contributed by atoms with E-state index in [9.17, 15) is 10.1 Å². The van der Waals surface area contributed by atoms with E-state index in [0.717, 1.165) is 0 Å². The number of ether oxygens (including phenoxy) is 2. The average Bonchev–Trinajstić information content (AvgIpc) is 3.06. The maximum atomic E-state index is 11.6. The molecule has 0 saturated carbocycles. The maximum absolute atomic E-state index is 11.6. The van der Waals surface area contributed by atoms with Crippen LogP contribution in [0.25, 0.3) is 17.1 Å². The van der Waals surface area contributed by atoms with Gasteiger partial charge in [-0.1, -0.05) is 0 Å². The molecule has 26 heavy (non-hydrogen) atoms. The summed E-state index contributed by atoms with van der Waals surface area (Å²) in [5.41, 5.74) is 1.10. The Bertz CT molecular complexity index is 951. The summed E-state index contributed by atoms with van der Waals surface area (Å²) in [5.74, 6) is -0.241. The van der Waals surface area contributed by atoms with E-state index in [1.807, 2.05) is 0 Å². The molecule has 10 nitrogen and oxygen atoms in total. The van der Waals surface area contributed by atoms with Crippen molar-refractivity contribution in [1.29, 1.82) is 5.26 Å². The van der Waals surface area contributed by atoms with Gasteiger partial charge in [-0.15, -0.1) is 5.10 Å². The highest BCUT2D eigenvalue weighted by Gasteiger charge is 2.26. The molecule has 3 aromatic rings. The summed E-state index contributed by atoms with van der Waals surface area (Å²) in [4.78, 5) is 19.9. The molecule has 0 aliphatic carbocycles. The molecule has 130 valence electrons. The van der Waals surface area contributed by atoms with Gasteiger partial charge in [0.2, 0.25) is 0 Å². The average molecular weight is 351 g/mol. The van der Waals surface area contributed by atoms with E-state index in [-0.39, 0.29) is 11.4 Å². The first kappa shape index (κ1) is 17.0. The minimum Gasteiger partial charge on any atom is -0.466 e. The third kappa shape index (κ3) is 3.18. The molecule has 3 aromatic heterocycles. The van der Waals surface area contributed by atoms with Crippen molar-refractivity contribution in [2.75, 3.05) is 7.11 Å². The Morgan fingerprint density at radius 1 is 1.27 bits per heavy atom. The molecule has 0 amide bonds. The predicted molar refractivity (Wildman–Crippen MR) is 87.0 cm³/mol. The van der Waals surface area contributed by atoms with Crippen molar-refractivity contribution in [3.05, 3.63) is 42.6 Å². The topological polar surface area (TPSA) is 129 Å².